The number of aliphatic imine (C=N–C) groups is 1. The van der Waals surface area contributed by atoms with Crippen molar-refractivity contribution in [1.29, 1.82) is 0 Å². The number of carboxylic acids is 3. The van der Waals surface area contributed by atoms with Crippen LogP contribution >= 0.6 is 0 Å². The molecule has 0 radical (unpaired) electrons. The summed E-state index contributed by atoms with van der Waals surface area (Å²) >= 11 is 0. The molecule has 8 amide bonds. The minimum Gasteiger partial charge on any atom is -0.481 e. The number of nitrogens with one attached hydrogen (secondary N) is 8. The summed E-state index contributed by atoms with van der Waals surface area (Å²) in [4.78, 5) is 146. The lowest BCUT2D eigenvalue weighted by molar-refractivity contribution is -0.142. The molecule has 72 heavy (non-hydrogen) atoms. The van der Waals surface area contributed by atoms with E-state index >= 15 is 0 Å². The second kappa shape index (κ2) is 33.8. The van der Waals surface area contributed by atoms with Crippen molar-refractivity contribution in [3.63, 3.8) is 0 Å². The molecule has 0 aliphatic rings. The molecular weight excluding hydrogens is 951 g/mol. The number of rotatable bonds is 36. The molecule has 0 fully saturated rings. The van der Waals surface area contributed by atoms with Gasteiger partial charge in [0.15, 0.2) is 5.96 Å². The fourth-order valence-corrected chi connectivity index (χ4v) is 6.75. The topological polar surface area (TPSA) is 481 Å². The average Bonchev–Trinajstić information content (AvgIpc) is 3.28. The van der Waals surface area contributed by atoms with Crippen LogP contribution in [0.3, 0.4) is 0 Å². The first-order chi connectivity index (χ1) is 33.6. The third-order valence-corrected chi connectivity index (χ3v) is 11.0. The molecule has 0 bridgehead atoms. The first-order valence-corrected chi connectivity index (χ1v) is 23.8. The van der Waals surface area contributed by atoms with E-state index in [0.717, 1.165) is 0 Å². The van der Waals surface area contributed by atoms with Crippen molar-refractivity contribution in [3.05, 3.63) is 0 Å². The van der Waals surface area contributed by atoms with Crippen LogP contribution in [0.2, 0.25) is 0 Å². The lowest BCUT2D eigenvalue weighted by Crippen LogP contribution is -2.62. The summed E-state index contributed by atoms with van der Waals surface area (Å²) in [6.07, 6.45) is -2.11. The molecular formula is C44H79N13O15. The van der Waals surface area contributed by atoms with Gasteiger partial charge in [0.1, 0.15) is 42.3 Å². The first-order valence-electron chi connectivity index (χ1n) is 23.8. The Hall–Kier alpha value is -6.68. The van der Waals surface area contributed by atoms with Gasteiger partial charge in [-0.05, 0) is 76.2 Å². The second-order valence-corrected chi connectivity index (χ2v) is 18.2. The van der Waals surface area contributed by atoms with Crippen molar-refractivity contribution < 1.29 is 73.2 Å². The number of aliphatic hydroxyl groups excluding tert-OH is 1. The average molecular weight is 1030 g/mol. The standard InChI is InChI=1S/C44H79N13O15/c1-8-23(6)34(41(69)54-28(18-21(2)3)39(67)53-29(19-32(62)63)37(65)50-20-30(59)51-27(43(71)72)12-9-10-16-45)56-38(66)26(13-11-17-49-44(47)48)52-42(70)35(24(7)58)57-40(68)33(22(4)5)55-36(64)25(46)14-15-31(60)61/h21-29,33-35,58H,8-20,45-46H2,1-7H3,(H,50,65)(H,51,59)(H,52,70)(H,53,67)(H,54,69)(H,55,64)(H,56,66)(H,57,68)(H,60,61)(H,62,63)(H,71,72)(H4,47,48,49)/t23-,24+,25-,26-,27-,28-,29-,33-,34-,35-/m0/s1. The van der Waals surface area contributed by atoms with E-state index in [-0.39, 0.29) is 56.9 Å². The number of carboxylic acid groups (broad SMARTS) is 3. The van der Waals surface area contributed by atoms with Crippen LogP contribution in [-0.4, -0.2) is 166 Å². The summed E-state index contributed by atoms with van der Waals surface area (Å²) in [6.45, 7) is 10.6. The molecule has 20 N–H and O–H groups in total. The van der Waals surface area contributed by atoms with Crippen molar-refractivity contribution in [2.45, 2.75) is 167 Å². The minimum absolute atomic E-state index is 0.0148. The molecule has 0 aromatic carbocycles. The largest absolute Gasteiger partial charge is 0.481 e. The zero-order valence-electron chi connectivity index (χ0n) is 42.2. The Morgan fingerprint density at radius 2 is 1.10 bits per heavy atom. The summed E-state index contributed by atoms with van der Waals surface area (Å²) in [6, 6.07) is -11.7. The molecule has 0 aromatic heterocycles. The van der Waals surface area contributed by atoms with Crippen molar-refractivity contribution in [2.75, 3.05) is 19.6 Å². The van der Waals surface area contributed by atoms with Gasteiger partial charge in [-0.15, -0.1) is 0 Å². The SMILES string of the molecule is CC[C@H](C)[C@H](NC(=O)[C@H](CCCN=C(N)N)NC(=O)[C@@H](NC(=O)[C@@H](NC(=O)[C@@H](N)CCC(=O)O)C(C)C)[C@@H](C)O)C(=O)N[C@@H](CC(C)C)C(=O)N[C@@H](CC(=O)O)C(=O)NCC(=O)N[C@@H](CCCCN)C(=O)O. The van der Waals surface area contributed by atoms with Gasteiger partial charge in [0.05, 0.1) is 25.1 Å². The van der Waals surface area contributed by atoms with Gasteiger partial charge in [-0.3, -0.25) is 52.9 Å². The van der Waals surface area contributed by atoms with Gasteiger partial charge in [0.2, 0.25) is 47.3 Å². The highest BCUT2D eigenvalue weighted by atomic mass is 16.4. The summed E-state index contributed by atoms with van der Waals surface area (Å²) in [5.74, 6) is -13.5. The summed E-state index contributed by atoms with van der Waals surface area (Å²) < 4.78 is 0. The summed E-state index contributed by atoms with van der Waals surface area (Å²) in [7, 11) is 0. The first kappa shape index (κ1) is 65.3. The van der Waals surface area contributed by atoms with Crippen molar-refractivity contribution in [3.8, 4) is 0 Å². The van der Waals surface area contributed by atoms with E-state index in [1.54, 1.807) is 41.5 Å². The minimum atomic E-state index is -1.78. The van der Waals surface area contributed by atoms with Crippen LogP contribution in [0.5, 0.6) is 0 Å². The van der Waals surface area contributed by atoms with Crippen molar-refractivity contribution in [2.24, 2.45) is 45.7 Å². The smallest absolute Gasteiger partial charge is 0.326 e. The van der Waals surface area contributed by atoms with Crippen LogP contribution in [0.1, 0.15) is 113 Å². The predicted molar refractivity (Wildman–Crippen MR) is 260 cm³/mol. The lowest BCUT2D eigenvalue weighted by Gasteiger charge is -2.30. The third kappa shape index (κ3) is 26.0. The highest BCUT2D eigenvalue weighted by Gasteiger charge is 2.37. The molecule has 0 aromatic rings. The number of aliphatic hydroxyl groups is 1. The van der Waals surface area contributed by atoms with E-state index in [9.17, 15) is 68.1 Å². The van der Waals surface area contributed by atoms with Crippen LogP contribution < -0.4 is 65.5 Å². The Morgan fingerprint density at radius 3 is 1.61 bits per heavy atom. The number of aliphatic carboxylic acids is 3. The fraction of sp³-hybridized carbons (Fsp3) is 0.727. The van der Waals surface area contributed by atoms with Crippen LogP contribution in [0.25, 0.3) is 0 Å². The molecule has 28 heteroatoms. The number of guanidine groups is 1. The number of hydrogen-bond acceptors (Lipinski definition) is 15. The normalized spacial score (nSPS) is 15.3. The molecule has 0 rings (SSSR count). The van der Waals surface area contributed by atoms with E-state index in [4.69, 9.17) is 28.0 Å². The molecule has 0 aliphatic carbocycles. The number of amides is 8. The maximum Gasteiger partial charge on any atom is 0.326 e. The Kier molecular flexibility index (Phi) is 30.7. The molecule has 0 saturated carbocycles. The van der Waals surface area contributed by atoms with Gasteiger partial charge in [0.25, 0.3) is 0 Å². The molecule has 0 unspecified atom stereocenters. The summed E-state index contributed by atoms with van der Waals surface area (Å²) in [5, 5.41) is 57.9. The van der Waals surface area contributed by atoms with Crippen LogP contribution in [-0.2, 0) is 52.7 Å². The van der Waals surface area contributed by atoms with Crippen LogP contribution in [0.15, 0.2) is 4.99 Å². The van der Waals surface area contributed by atoms with Gasteiger partial charge in [-0.1, -0.05) is 48.0 Å². The zero-order chi connectivity index (χ0) is 55.4. The predicted octanol–water partition coefficient (Wildman–Crippen LogP) is -4.44. The Labute approximate surface area is 418 Å². The molecule has 0 spiro atoms. The van der Waals surface area contributed by atoms with E-state index in [1.807, 2.05) is 0 Å². The number of carbonyl (C=O) groups is 11. The molecule has 0 saturated heterocycles. The van der Waals surface area contributed by atoms with Gasteiger partial charge in [-0.25, -0.2) is 4.79 Å². The zero-order valence-corrected chi connectivity index (χ0v) is 42.2. The van der Waals surface area contributed by atoms with Gasteiger partial charge in [-0.2, -0.15) is 0 Å². The maximum absolute atomic E-state index is 14.1. The van der Waals surface area contributed by atoms with Crippen LogP contribution in [0, 0.1) is 17.8 Å². The van der Waals surface area contributed by atoms with E-state index in [2.05, 4.69) is 47.5 Å². The molecule has 28 nitrogen and oxygen atoms in total. The summed E-state index contributed by atoms with van der Waals surface area (Å²) in [5.41, 5.74) is 22.2. The monoisotopic (exact) mass is 1030 g/mol. The maximum atomic E-state index is 14.1. The number of nitrogens with two attached hydrogens (primary N) is 4. The van der Waals surface area contributed by atoms with Crippen molar-refractivity contribution in [1.82, 2.24) is 42.5 Å². The number of hydrogen-bond donors (Lipinski definition) is 16. The highest BCUT2D eigenvalue weighted by molar-refractivity contribution is 5.98. The van der Waals surface area contributed by atoms with E-state index < -0.39 is 151 Å². The third-order valence-electron chi connectivity index (χ3n) is 11.0. The Morgan fingerprint density at radius 1 is 0.569 bits per heavy atom. The van der Waals surface area contributed by atoms with E-state index in [0.29, 0.717) is 19.4 Å². The number of carbonyl (C=O) groups excluding carboxylic acids is 8. The van der Waals surface area contributed by atoms with Gasteiger partial charge < -0.3 is 85.9 Å². The quantitative estimate of drug-likeness (QED) is 0.0160. The van der Waals surface area contributed by atoms with Crippen molar-refractivity contribution >= 4 is 71.1 Å². The molecule has 10 atom stereocenters. The second-order valence-electron chi connectivity index (χ2n) is 18.2. The Bertz CT molecular complexity index is 1880. The molecule has 410 valence electrons. The lowest BCUT2D eigenvalue weighted by atomic mass is 9.96. The fourth-order valence-electron chi connectivity index (χ4n) is 6.75. The number of nitrogens with zero attached hydrogens (tertiary/aromatic N) is 1. The van der Waals surface area contributed by atoms with Gasteiger partial charge >= 0.3 is 17.9 Å². The Balaban J connectivity index is 6.54. The molecule has 0 aliphatic heterocycles. The molecule has 0 heterocycles. The van der Waals surface area contributed by atoms with Gasteiger partial charge in [0, 0.05) is 13.0 Å². The van der Waals surface area contributed by atoms with E-state index in [1.165, 1.54) is 6.92 Å². The highest BCUT2D eigenvalue weighted by Crippen LogP contribution is 2.14. The number of unbranched alkanes of at least 4 members (excludes halogenated alkanes) is 1. The van der Waals surface area contributed by atoms with Crippen LogP contribution in [0.4, 0.5) is 0 Å².